The van der Waals surface area contributed by atoms with Gasteiger partial charge in [0.05, 0.1) is 16.3 Å². The van der Waals surface area contributed by atoms with E-state index in [-0.39, 0.29) is 5.56 Å². The number of nitrogens with zero attached hydrogens (tertiary/aromatic N) is 3. The lowest BCUT2D eigenvalue weighted by Gasteiger charge is -2.08. The van der Waals surface area contributed by atoms with Crippen LogP contribution < -0.4 is 5.56 Å². The number of aromatic nitrogens is 3. The molecule has 0 aliphatic heterocycles. The Morgan fingerprint density at radius 1 is 1.21 bits per heavy atom. The van der Waals surface area contributed by atoms with Crippen LogP contribution in [0.15, 0.2) is 46.1 Å². The normalized spacial score (nSPS) is 11.1. The molecule has 0 aliphatic carbocycles. The second-order valence-corrected chi connectivity index (χ2v) is 5.39. The molecule has 0 saturated carbocycles. The quantitative estimate of drug-likeness (QED) is 0.692. The third-order valence-electron chi connectivity index (χ3n) is 3.14. The molecule has 0 radical (unpaired) electrons. The summed E-state index contributed by atoms with van der Waals surface area (Å²) in [6.45, 7) is 2.02. The second-order valence-electron chi connectivity index (χ2n) is 4.54. The summed E-state index contributed by atoms with van der Waals surface area (Å²) in [5, 5.41) is 0. The summed E-state index contributed by atoms with van der Waals surface area (Å²) in [6, 6.07) is 7.83. The maximum atomic E-state index is 12.4. The summed E-state index contributed by atoms with van der Waals surface area (Å²) in [6.07, 6.45) is 3.44. The Hall–Kier alpha value is -1.88. The molecule has 0 unspecified atom stereocenters. The van der Waals surface area contributed by atoms with Gasteiger partial charge in [-0.2, -0.15) is 0 Å². The molecular formula is C14H12BrN3O. The van der Waals surface area contributed by atoms with E-state index in [1.807, 2.05) is 42.8 Å². The Morgan fingerprint density at radius 3 is 2.58 bits per heavy atom. The highest BCUT2D eigenvalue weighted by atomic mass is 79.9. The maximum Gasteiger partial charge on any atom is 0.283 e. The molecule has 1 aromatic carbocycles. The van der Waals surface area contributed by atoms with E-state index in [0.29, 0.717) is 5.52 Å². The van der Waals surface area contributed by atoms with Gasteiger partial charge in [-0.15, -0.1) is 0 Å². The largest absolute Gasteiger partial charge is 0.333 e. The minimum absolute atomic E-state index is 0.109. The molecule has 0 spiro atoms. The van der Waals surface area contributed by atoms with Gasteiger partial charge in [-0.05, 0) is 35.0 Å². The van der Waals surface area contributed by atoms with Crippen molar-refractivity contribution in [3.05, 3.63) is 57.2 Å². The fraction of sp³-hybridized carbons (Fsp3) is 0.143. The van der Waals surface area contributed by atoms with Crippen LogP contribution in [0.2, 0.25) is 0 Å². The van der Waals surface area contributed by atoms with Crippen LogP contribution in [-0.2, 0) is 7.05 Å². The first-order valence-corrected chi connectivity index (χ1v) is 6.66. The third-order valence-corrected chi connectivity index (χ3v) is 3.72. The summed E-state index contributed by atoms with van der Waals surface area (Å²) in [5.41, 5.74) is 3.17. The van der Waals surface area contributed by atoms with Gasteiger partial charge in [0.25, 0.3) is 5.56 Å². The van der Waals surface area contributed by atoms with Crippen molar-refractivity contribution >= 4 is 27.0 Å². The molecule has 0 atom stereocenters. The lowest BCUT2D eigenvalue weighted by molar-refractivity contribution is 0.941. The molecule has 0 fully saturated rings. The fourth-order valence-corrected chi connectivity index (χ4v) is 2.78. The van der Waals surface area contributed by atoms with Crippen molar-refractivity contribution in [1.29, 1.82) is 0 Å². The molecule has 2 aromatic heterocycles. The summed E-state index contributed by atoms with van der Waals surface area (Å²) in [7, 11) is 1.87. The zero-order valence-electron chi connectivity index (χ0n) is 10.6. The van der Waals surface area contributed by atoms with Gasteiger partial charge in [0, 0.05) is 18.9 Å². The molecule has 0 bridgehead atoms. The van der Waals surface area contributed by atoms with Crippen LogP contribution in [-0.4, -0.2) is 14.1 Å². The monoisotopic (exact) mass is 317 g/mol. The molecule has 19 heavy (non-hydrogen) atoms. The molecule has 2 heterocycles. The van der Waals surface area contributed by atoms with Gasteiger partial charge >= 0.3 is 0 Å². The number of halogens is 1. The predicted molar refractivity (Wildman–Crippen MR) is 78.7 cm³/mol. The highest BCUT2D eigenvalue weighted by Gasteiger charge is 2.12. The molecule has 5 heteroatoms. The SMILES string of the molecule is Cc1ccc(-n2cc(Br)c3c(ncn3C)c2=O)cc1. The van der Waals surface area contributed by atoms with Gasteiger partial charge in [-0.3, -0.25) is 9.36 Å². The van der Waals surface area contributed by atoms with E-state index >= 15 is 0 Å². The van der Waals surface area contributed by atoms with Crippen LogP contribution in [0.3, 0.4) is 0 Å². The fourth-order valence-electron chi connectivity index (χ4n) is 2.11. The molecule has 0 saturated heterocycles. The molecule has 0 N–H and O–H groups in total. The Balaban J connectivity index is 2.34. The number of benzene rings is 1. The van der Waals surface area contributed by atoms with E-state index in [9.17, 15) is 4.79 Å². The highest BCUT2D eigenvalue weighted by Crippen LogP contribution is 2.21. The topological polar surface area (TPSA) is 39.8 Å². The van der Waals surface area contributed by atoms with Gasteiger partial charge in [0.1, 0.15) is 0 Å². The predicted octanol–water partition coefficient (Wildman–Crippen LogP) is 2.80. The van der Waals surface area contributed by atoms with Gasteiger partial charge in [-0.25, -0.2) is 4.98 Å². The van der Waals surface area contributed by atoms with Crippen LogP contribution >= 0.6 is 15.9 Å². The van der Waals surface area contributed by atoms with Gasteiger partial charge in [0.15, 0.2) is 5.52 Å². The van der Waals surface area contributed by atoms with E-state index < -0.39 is 0 Å². The number of aryl methyl sites for hydroxylation is 2. The number of pyridine rings is 1. The number of rotatable bonds is 1. The van der Waals surface area contributed by atoms with Crippen molar-refractivity contribution in [3.8, 4) is 5.69 Å². The van der Waals surface area contributed by atoms with Crippen LogP contribution in [0.25, 0.3) is 16.7 Å². The number of hydrogen-bond acceptors (Lipinski definition) is 2. The Kier molecular flexibility index (Phi) is 2.78. The smallest absolute Gasteiger partial charge is 0.283 e. The van der Waals surface area contributed by atoms with Gasteiger partial charge in [-0.1, -0.05) is 17.7 Å². The van der Waals surface area contributed by atoms with Crippen LogP contribution in [0.1, 0.15) is 5.56 Å². The Labute approximate surface area is 118 Å². The highest BCUT2D eigenvalue weighted by molar-refractivity contribution is 9.10. The van der Waals surface area contributed by atoms with E-state index in [4.69, 9.17) is 0 Å². The standard InChI is InChI=1S/C14H12BrN3O/c1-9-3-5-10(6-4-9)18-7-11(15)13-12(14(18)19)16-8-17(13)2/h3-8H,1-2H3. The zero-order valence-corrected chi connectivity index (χ0v) is 12.2. The summed E-state index contributed by atoms with van der Waals surface area (Å²) < 4.78 is 4.29. The average molecular weight is 318 g/mol. The van der Waals surface area contributed by atoms with Crippen molar-refractivity contribution in [2.75, 3.05) is 0 Å². The van der Waals surface area contributed by atoms with Crippen LogP contribution in [0, 0.1) is 6.92 Å². The lowest BCUT2D eigenvalue weighted by Crippen LogP contribution is -2.18. The first-order chi connectivity index (χ1) is 9.08. The van der Waals surface area contributed by atoms with Crippen molar-refractivity contribution in [2.24, 2.45) is 7.05 Å². The van der Waals surface area contributed by atoms with Crippen LogP contribution in [0.4, 0.5) is 0 Å². The molecule has 4 nitrogen and oxygen atoms in total. The van der Waals surface area contributed by atoms with Crippen molar-refractivity contribution in [3.63, 3.8) is 0 Å². The number of hydrogen-bond donors (Lipinski definition) is 0. The van der Waals surface area contributed by atoms with Gasteiger partial charge < -0.3 is 4.57 Å². The first kappa shape index (κ1) is 12.2. The third kappa shape index (κ3) is 1.90. The Morgan fingerprint density at radius 2 is 1.89 bits per heavy atom. The van der Waals surface area contributed by atoms with E-state index in [2.05, 4.69) is 20.9 Å². The lowest BCUT2D eigenvalue weighted by atomic mass is 10.2. The molecule has 0 aliphatic rings. The Bertz CT molecular complexity index is 815. The number of imidazole rings is 1. The summed E-state index contributed by atoms with van der Waals surface area (Å²) >= 11 is 3.50. The molecule has 3 rings (SSSR count). The van der Waals surface area contributed by atoms with Crippen molar-refractivity contribution < 1.29 is 0 Å². The first-order valence-electron chi connectivity index (χ1n) is 5.87. The van der Waals surface area contributed by atoms with Crippen molar-refractivity contribution in [1.82, 2.24) is 14.1 Å². The molecular weight excluding hydrogens is 306 g/mol. The van der Waals surface area contributed by atoms with E-state index in [1.165, 1.54) is 0 Å². The number of fused-ring (bicyclic) bond motifs is 1. The molecule has 3 aromatic rings. The minimum atomic E-state index is -0.109. The van der Waals surface area contributed by atoms with Gasteiger partial charge in [0.2, 0.25) is 0 Å². The molecule has 96 valence electrons. The molecule has 0 amide bonds. The summed E-state index contributed by atoms with van der Waals surface area (Å²) in [5.74, 6) is 0. The van der Waals surface area contributed by atoms with Crippen molar-refractivity contribution in [2.45, 2.75) is 6.92 Å². The van der Waals surface area contributed by atoms with E-state index in [1.54, 1.807) is 17.1 Å². The minimum Gasteiger partial charge on any atom is -0.333 e. The average Bonchev–Trinajstić information content (AvgIpc) is 2.78. The zero-order chi connectivity index (χ0) is 13.6. The summed E-state index contributed by atoms with van der Waals surface area (Å²) in [4.78, 5) is 16.6. The maximum absolute atomic E-state index is 12.4. The van der Waals surface area contributed by atoms with E-state index in [0.717, 1.165) is 21.2 Å². The second kappa shape index (κ2) is 4.35. The van der Waals surface area contributed by atoms with Crippen LogP contribution in [0.5, 0.6) is 0 Å².